The molecule has 0 bridgehead atoms. The predicted molar refractivity (Wildman–Crippen MR) is 102 cm³/mol. The first-order valence-corrected chi connectivity index (χ1v) is 7.78. The summed E-state index contributed by atoms with van der Waals surface area (Å²) in [5.74, 6) is 0.870. The van der Waals surface area contributed by atoms with Gasteiger partial charge >= 0.3 is 0 Å². The summed E-state index contributed by atoms with van der Waals surface area (Å²) in [7, 11) is 4.00. The lowest BCUT2D eigenvalue weighted by molar-refractivity contribution is 0.216. The zero-order chi connectivity index (χ0) is 15.5. The Balaban J connectivity index is 0.00000242. The van der Waals surface area contributed by atoms with E-state index >= 15 is 0 Å². The monoisotopic (exact) mass is 440 g/mol. The molecule has 1 fully saturated rings. The maximum Gasteiger partial charge on any atom is 0.194 e. The topological polar surface area (TPSA) is 52.8 Å². The average molecular weight is 441 g/mol. The van der Waals surface area contributed by atoms with E-state index in [2.05, 4.69) is 22.1 Å². The molecule has 1 saturated carbocycles. The van der Waals surface area contributed by atoms with Gasteiger partial charge in [-0.15, -0.1) is 24.0 Å². The minimum Gasteiger partial charge on any atom is -0.396 e. The van der Waals surface area contributed by atoms with E-state index in [0.29, 0.717) is 6.54 Å². The summed E-state index contributed by atoms with van der Waals surface area (Å²) in [4.78, 5) is 6.77. The third-order valence-electron chi connectivity index (χ3n) is 4.03. The molecular weight excluding hydrogens is 415 g/mol. The molecule has 126 valence electrons. The molecule has 0 atom stereocenters. The maximum atomic E-state index is 9.39. The SMILES string of the molecule is CCNC(=NCC1(CO)CC1)N(C)Cc1cc(Cl)cn1C.I. The number of nitrogens with zero attached hydrogens (tertiary/aromatic N) is 3. The lowest BCUT2D eigenvalue weighted by Crippen LogP contribution is -2.39. The third kappa shape index (κ3) is 5.03. The Bertz CT molecular complexity index is 514. The van der Waals surface area contributed by atoms with Crippen molar-refractivity contribution in [2.75, 3.05) is 26.7 Å². The van der Waals surface area contributed by atoms with Crippen LogP contribution in [0.3, 0.4) is 0 Å². The normalized spacial score (nSPS) is 16.1. The minimum atomic E-state index is 0. The molecule has 7 heteroatoms. The Morgan fingerprint density at radius 3 is 2.68 bits per heavy atom. The van der Waals surface area contributed by atoms with Crippen LogP contribution in [0.15, 0.2) is 17.3 Å². The van der Waals surface area contributed by atoms with Gasteiger partial charge in [-0.3, -0.25) is 4.99 Å². The molecule has 1 heterocycles. The molecule has 2 rings (SSSR count). The highest BCUT2D eigenvalue weighted by molar-refractivity contribution is 14.0. The van der Waals surface area contributed by atoms with Crippen LogP contribution in [-0.2, 0) is 13.6 Å². The van der Waals surface area contributed by atoms with Crippen LogP contribution in [0, 0.1) is 5.41 Å². The van der Waals surface area contributed by atoms with E-state index < -0.39 is 0 Å². The Labute approximate surface area is 154 Å². The second-order valence-corrected chi connectivity index (χ2v) is 6.38. The molecule has 1 aliphatic rings. The largest absolute Gasteiger partial charge is 0.396 e. The molecule has 0 radical (unpaired) electrons. The highest BCUT2D eigenvalue weighted by Crippen LogP contribution is 2.45. The minimum absolute atomic E-state index is 0. The number of aliphatic imine (C=N–C) groups is 1. The van der Waals surface area contributed by atoms with E-state index in [0.717, 1.165) is 42.6 Å². The summed E-state index contributed by atoms with van der Waals surface area (Å²) < 4.78 is 2.03. The highest BCUT2D eigenvalue weighted by atomic mass is 127. The fourth-order valence-electron chi connectivity index (χ4n) is 2.30. The van der Waals surface area contributed by atoms with E-state index in [1.807, 2.05) is 30.9 Å². The summed E-state index contributed by atoms with van der Waals surface area (Å²) in [6.45, 7) is 4.53. The zero-order valence-electron chi connectivity index (χ0n) is 13.5. The van der Waals surface area contributed by atoms with Crippen molar-refractivity contribution in [2.45, 2.75) is 26.3 Å². The van der Waals surface area contributed by atoms with Crippen molar-refractivity contribution in [2.24, 2.45) is 17.5 Å². The van der Waals surface area contributed by atoms with E-state index in [4.69, 9.17) is 11.6 Å². The van der Waals surface area contributed by atoms with Gasteiger partial charge in [0.05, 0.1) is 24.7 Å². The number of nitrogens with one attached hydrogen (secondary N) is 1. The van der Waals surface area contributed by atoms with Crippen molar-refractivity contribution >= 4 is 41.5 Å². The number of halogens is 2. The van der Waals surface area contributed by atoms with Gasteiger partial charge in [-0.25, -0.2) is 0 Å². The average Bonchev–Trinajstić information content (AvgIpc) is 3.16. The summed E-state index contributed by atoms with van der Waals surface area (Å²) in [5.41, 5.74) is 1.17. The van der Waals surface area contributed by atoms with Gasteiger partial charge in [0.2, 0.25) is 0 Å². The first-order valence-electron chi connectivity index (χ1n) is 7.41. The van der Waals surface area contributed by atoms with Crippen LogP contribution in [0.2, 0.25) is 5.02 Å². The van der Waals surface area contributed by atoms with Gasteiger partial charge in [0.25, 0.3) is 0 Å². The van der Waals surface area contributed by atoms with Gasteiger partial charge < -0.3 is 19.9 Å². The molecule has 1 aliphatic carbocycles. The predicted octanol–water partition coefficient (Wildman–Crippen LogP) is 2.47. The molecule has 0 aromatic carbocycles. The van der Waals surface area contributed by atoms with Crippen molar-refractivity contribution in [3.8, 4) is 0 Å². The number of aromatic nitrogens is 1. The smallest absolute Gasteiger partial charge is 0.194 e. The molecule has 0 unspecified atom stereocenters. The number of hydrogen-bond acceptors (Lipinski definition) is 2. The Kier molecular flexibility index (Phi) is 7.48. The second-order valence-electron chi connectivity index (χ2n) is 5.94. The van der Waals surface area contributed by atoms with Gasteiger partial charge in [-0.05, 0) is 25.8 Å². The second kappa shape index (κ2) is 8.40. The van der Waals surface area contributed by atoms with Crippen LogP contribution < -0.4 is 5.32 Å². The number of aryl methyl sites for hydroxylation is 1. The number of rotatable bonds is 6. The fourth-order valence-corrected chi connectivity index (χ4v) is 2.57. The van der Waals surface area contributed by atoms with Crippen LogP contribution in [0.5, 0.6) is 0 Å². The standard InChI is InChI=1S/C15H25ClN4O.HI/c1-4-17-14(18-10-15(11-21)5-6-15)20(3)9-13-7-12(16)8-19(13)2;/h7-8,21H,4-6,9-11H2,1-3H3,(H,17,18);1H. The van der Waals surface area contributed by atoms with Crippen LogP contribution in [0.1, 0.15) is 25.5 Å². The van der Waals surface area contributed by atoms with Gasteiger partial charge in [-0.1, -0.05) is 11.6 Å². The van der Waals surface area contributed by atoms with Crippen molar-refractivity contribution in [1.82, 2.24) is 14.8 Å². The Hall–Kier alpha value is -0.470. The highest BCUT2D eigenvalue weighted by Gasteiger charge is 2.41. The number of hydrogen-bond donors (Lipinski definition) is 2. The first-order chi connectivity index (χ1) is 9.99. The lowest BCUT2D eigenvalue weighted by atomic mass is 10.1. The Morgan fingerprint density at radius 1 is 1.55 bits per heavy atom. The van der Waals surface area contributed by atoms with Crippen LogP contribution in [0.4, 0.5) is 0 Å². The molecule has 0 amide bonds. The van der Waals surface area contributed by atoms with Crippen LogP contribution >= 0.6 is 35.6 Å². The molecule has 5 nitrogen and oxygen atoms in total. The third-order valence-corrected chi connectivity index (χ3v) is 4.23. The molecule has 0 aliphatic heterocycles. The zero-order valence-corrected chi connectivity index (χ0v) is 16.6. The van der Waals surface area contributed by atoms with Crippen molar-refractivity contribution < 1.29 is 5.11 Å². The molecular formula is C15H26ClIN4O. The number of aliphatic hydroxyl groups excluding tert-OH is 1. The summed E-state index contributed by atoms with van der Waals surface area (Å²) in [6.07, 6.45) is 4.05. The van der Waals surface area contributed by atoms with Crippen molar-refractivity contribution in [3.05, 3.63) is 23.0 Å². The summed E-state index contributed by atoms with van der Waals surface area (Å²) >= 11 is 6.02. The van der Waals surface area contributed by atoms with E-state index in [1.54, 1.807) is 0 Å². The maximum absolute atomic E-state index is 9.39. The molecule has 0 saturated heterocycles. The van der Waals surface area contributed by atoms with Gasteiger partial charge in [0, 0.05) is 37.9 Å². The van der Waals surface area contributed by atoms with E-state index in [9.17, 15) is 5.11 Å². The Morgan fingerprint density at radius 2 is 2.23 bits per heavy atom. The van der Waals surface area contributed by atoms with Gasteiger partial charge in [-0.2, -0.15) is 0 Å². The van der Waals surface area contributed by atoms with Gasteiger partial charge in [0.1, 0.15) is 0 Å². The molecule has 0 spiro atoms. The van der Waals surface area contributed by atoms with E-state index in [1.165, 1.54) is 0 Å². The van der Waals surface area contributed by atoms with Crippen molar-refractivity contribution in [1.29, 1.82) is 0 Å². The molecule has 2 N–H and O–H groups in total. The van der Waals surface area contributed by atoms with Gasteiger partial charge in [0.15, 0.2) is 5.96 Å². The van der Waals surface area contributed by atoms with Crippen LogP contribution in [-0.4, -0.2) is 47.3 Å². The number of guanidine groups is 1. The van der Waals surface area contributed by atoms with Crippen molar-refractivity contribution in [3.63, 3.8) is 0 Å². The molecule has 1 aromatic heterocycles. The van der Waals surface area contributed by atoms with Crippen LogP contribution in [0.25, 0.3) is 0 Å². The fraction of sp³-hybridized carbons (Fsp3) is 0.667. The van der Waals surface area contributed by atoms with E-state index in [-0.39, 0.29) is 36.0 Å². The first kappa shape index (κ1) is 19.6. The lowest BCUT2D eigenvalue weighted by Gasteiger charge is -2.23. The quantitative estimate of drug-likeness (QED) is 0.406. The summed E-state index contributed by atoms with van der Waals surface area (Å²) in [5, 5.41) is 13.4. The molecule has 22 heavy (non-hydrogen) atoms. The summed E-state index contributed by atoms with van der Waals surface area (Å²) in [6, 6.07) is 1.97. The number of aliphatic hydroxyl groups is 1. The molecule has 1 aromatic rings.